The highest BCUT2D eigenvalue weighted by molar-refractivity contribution is 9.09. The summed E-state index contributed by atoms with van der Waals surface area (Å²) in [6.45, 7) is 2.15. The molecule has 0 saturated heterocycles. The minimum absolute atomic E-state index is 0.110. The highest BCUT2D eigenvalue weighted by atomic mass is 79.9. The van der Waals surface area contributed by atoms with Gasteiger partial charge in [0.15, 0.2) is 5.01 Å². The Morgan fingerprint density at radius 1 is 1.12 bits per heavy atom. The quantitative estimate of drug-likeness (QED) is 0.734. The lowest BCUT2D eigenvalue weighted by atomic mass is 10.1. The summed E-state index contributed by atoms with van der Waals surface area (Å²) in [5, 5.41) is 2.58. The Kier molecular flexibility index (Phi) is 3.83. The first-order valence-corrected chi connectivity index (χ1v) is 6.50. The number of fused-ring (bicyclic) bond motifs is 1. The smallest absolute Gasteiger partial charge is 0.153 e. The first-order valence-electron chi connectivity index (χ1n) is 5.59. The highest BCUT2D eigenvalue weighted by Crippen LogP contribution is 2.23. The average molecular weight is 279 g/mol. The molecule has 0 amide bonds. The molecule has 0 bridgehead atoms. The first kappa shape index (κ1) is 11.5. The summed E-state index contributed by atoms with van der Waals surface area (Å²) in [7, 11) is 0. The molecule has 0 saturated carbocycles. The van der Waals surface area contributed by atoms with Crippen molar-refractivity contribution >= 4 is 26.7 Å². The van der Waals surface area contributed by atoms with Gasteiger partial charge in [-0.15, -0.1) is 0 Å². The molecule has 1 unspecified atom stereocenters. The van der Waals surface area contributed by atoms with Crippen molar-refractivity contribution in [3.8, 4) is 5.75 Å². The summed E-state index contributed by atoms with van der Waals surface area (Å²) in [5.74, 6) is 0.925. The summed E-state index contributed by atoms with van der Waals surface area (Å²) in [6, 6.07) is 14.5. The normalized spacial score (nSPS) is 12.6. The van der Waals surface area contributed by atoms with Crippen molar-refractivity contribution in [2.24, 2.45) is 0 Å². The predicted octanol–water partition coefficient (Wildman–Crippen LogP) is 4.74. The zero-order valence-corrected chi connectivity index (χ0v) is 10.9. The van der Waals surface area contributed by atoms with Gasteiger partial charge in [0, 0.05) is 0 Å². The second-order valence-electron chi connectivity index (χ2n) is 3.83. The molecule has 0 spiro atoms. The Bertz CT molecular complexity index is 467. The fraction of sp³-hybridized carbons (Fsp3) is 0.286. The lowest BCUT2D eigenvalue weighted by molar-refractivity contribution is 0.283. The van der Waals surface area contributed by atoms with Crippen molar-refractivity contribution in [3.05, 3.63) is 42.5 Å². The molecule has 0 heterocycles. The van der Waals surface area contributed by atoms with Gasteiger partial charge in [0.05, 0.1) is 0 Å². The maximum atomic E-state index is 5.78. The Hall–Kier alpha value is -1.02. The largest absolute Gasteiger partial charge is 0.479 e. The summed E-state index contributed by atoms with van der Waals surface area (Å²) in [5.41, 5.74) is 0. The van der Waals surface area contributed by atoms with Crippen molar-refractivity contribution < 1.29 is 4.74 Å². The molecule has 0 aromatic heterocycles. The molecule has 0 aliphatic heterocycles. The van der Waals surface area contributed by atoms with Crippen molar-refractivity contribution in [2.45, 2.75) is 24.8 Å². The Labute approximate surface area is 105 Å². The molecule has 16 heavy (non-hydrogen) atoms. The van der Waals surface area contributed by atoms with E-state index in [9.17, 15) is 0 Å². The monoisotopic (exact) mass is 278 g/mol. The molecule has 1 atom stereocenters. The zero-order chi connectivity index (χ0) is 11.4. The summed E-state index contributed by atoms with van der Waals surface area (Å²) < 4.78 is 5.78. The van der Waals surface area contributed by atoms with Crippen molar-refractivity contribution in [2.75, 3.05) is 0 Å². The van der Waals surface area contributed by atoms with Crippen LogP contribution >= 0.6 is 15.9 Å². The zero-order valence-electron chi connectivity index (χ0n) is 9.32. The van der Waals surface area contributed by atoms with Crippen LogP contribution in [0.25, 0.3) is 10.8 Å². The molecular formula is C14H15BrO. The average Bonchev–Trinajstić information content (AvgIpc) is 2.29. The third-order valence-corrected chi connectivity index (χ3v) is 3.15. The van der Waals surface area contributed by atoms with E-state index in [1.165, 1.54) is 10.8 Å². The van der Waals surface area contributed by atoms with Crippen LogP contribution in [0.4, 0.5) is 0 Å². The standard InChI is InChI=1S/C14H15BrO/c1-2-5-14(15)16-13-9-8-11-6-3-4-7-12(11)10-13/h3-4,6-10,14H,2,5H2,1H3. The molecule has 0 aliphatic rings. The fourth-order valence-electron chi connectivity index (χ4n) is 1.67. The molecule has 2 rings (SSSR count). The van der Waals surface area contributed by atoms with E-state index in [1.54, 1.807) is 0 Å². The van der Waals surface area contributed by atoms with Crippen LogP contribution in [0.5, 0.6) is 5.75 Å². The van der Waals surface area contributed by atoms with Crippen LogP contribution in [-0.4, -0.2) is 5.01 Å². The van der Waals surface area contributed by atoms with Crippen LogP contribution in [-0.2, 0) is 0 Å². The highest BCUT2D eigenvalue weighted by Gasteiger charge is 2.04. The number of rotatable bonds is 4. The van der Waals surface area contributed by atoms with E-state index in [-0.39, 0.29) is 5.01 Å². The Balaban J connectivity index is 2.19. The SMILES string of the molecule is CCCC(Br)Oc1ccc2ccccc2c1. The van der Waals surface area contributed by atoms with Gasteiger partial charge in [-0.3, -0.25) is 0 Å². The Morgan fingerprint density at radius 3 is 2.62 bits per heavy atom. The van der Waals surface area contributed by atoms with Gasteiger partial charge in [-0.1, -0.05) is 43.7 Å². The second-order valence-corrected chi connectivity index (χ2v) is 4.85. The Morgan fingerprint density at radius 2 is 1.88 bits per heavy atom. The lowest BCUT2D eigenvalue weighted by Crippen LogP contribution is -2.06. The van der Waals surface area contributed by atoms with E-state index in [0.717, 1.165) is 18.6 Å². The lowest BCUT2D eigenvalue weighted by Gasteiger charge is -2.12. The first-order chi connectivity index (χ1) is 7.79. The van der Waals surface area contributed by atoms with E-state index in [1.807, 2.05) is 18.2 Å². The van der Waals surface area contributed by atoms with Crippen molar-refractivity contribution in [1.29, 1.82) is 0 Å². The summed E-state index contributed by atoms with van der Waals surface area (Å²) >= 11 is 3.52. The van der Waals surface area contributed by atoms with E-state index in [2.05, 4.69) is 47.1 Å². The molecule has 2 aromatic carbocycles. The minimum atomic E-state index is 0.110. The topological polar surface area (TPSA) is 9.23 Å². The molecule has 2 heteroatoms. The number of ether oxygens (including phenoxy) is 1. The summed E-state index contributed by atoms with van der Waals surface area (Å²) in [4.78, 5) is 0. The molecule has 0 aliphatic carbocycles. The van der Waals surface area contributed by atoms with Gasteiger partial charge in [0.1, 0.15) is 5.75 Å². The van der Waals surface area contributed by atoms with E-state index >= 15 is 0 Å². The van der Waals surface area contributed by atoms with Crippen LogP contribution in [0, 0.1) is 0 Å². The number of hydrogen-bond acceptors (Lipinski definition) is 1. The van der Waals surface area contributed by atoms with Crippen molar-refractivity contribution in [1.82, 2.24) is 0 Å². The van der Waals surface area contributed by atoms with Crippen LogP contribution < -0.4 is 4.74 Å². The molecule has 84 valence electrons. The third-order valence-electron chi connectivity index (χ3n) is 2.50. The van der Waals surface area contributed by atoms with E-state index in [0.29, 0.717) is 0 Å². The molecule has 0 radical (unpaired) electrons. The van der Waals surface area contributed by atoms with Crippen LogP contribution in [0.2, 0.25) is 0 Å². The second kappa shape index (κ2) is 5.35. The van der Waals surface area contributed by atoms with Gasteiger partial charge < -0.3 is 4.74 Å². The van der Waals surface area contributed by atoms with Crippen LogP contribution in [0.1, 0.15) is 19.8 Å². The molecule has 0 N–H and O–H groups in total. The third kappa shape index (κ3) is 2.76. The molecule has 1 nitrogen and oxygen atoms in total. The van der Waals surface area contributed by atoms with Crippen LogP contribution in [0.3, 0.4) is 0 Å². The molecular weight excluding hydrogens is 264 g/mol. The van der Waals surface area contributed by atoms with Gasteiger partial charge in [-0.05, 0) is 45.3 Å². The van der Waals surface area contributed by atoms with Gasteiger partial charge in [0.2, 0.25) is 0 Å². The molecule has 2 aromatic rings. The van der Waals surface area contributed by atoms with Crippen molar-refractivity contribution in [3.63, 3.8) is 0 Å². The van der Waals surface area contributed by atoms with Gasteiger partial charge in [-0.2, -0.15) is 0 Å². The number of hydrogen-bond donors (Lipinski definition) is 0. The number of alkyl halides is 1. The van der Waals surface area contributed by atoms with Gasteiger partial charge in [-0.25, -0.2) is 0 Å². The summed E-state index contributed by atoms with van der Waals surface area (Å²) in [6.07, 6.45) is 2.14. The number of halogens is 1. The minimum Gasteiger partial charge on any atom is -0.479 e. The number of benzene rings is 2. The van der Waals surface area contributed by atoms with E-state index in [4.69, 9.17) is 4.74 Å². The van der Waals surface area contributed by atoms with Gasteiger partial charge >= 0.3 is 0 Å². The van der Waals surface area contributed by atoms with Crippen LogP contribution in [0.15, 0.2) is 42.5 Å². The predicted molar refractivity (Wildman–Crippen MR) is 72.2 cm³/mol. The maximum Gasteiger partial charge on any atom is 0.153 e. The van der Waals surface area contributed by atoms with E-state index < -0.39 is 0 Å². The molecule has 0 fully saturated rings. The maximum absolute atomic E-state index is 5.78. The fourth-order valence-corrected chi connectivity index (χ4v) is 2.35. The van der Waals surface area contributed by atoms with Gasteiger partial charge in [0.25, 0.3) is 0 Å².